The van der Waals surface area contributed by atoms with Gasteiger partial charge in [-0.3, -0.25) is 9.78 Å². The molecule has 0 aliphatic heterocycles. The molecule has 0 aliphatic carbocycles. The molecule has 0 aliphatic rings. The van der Waals surface area contributed by atoms with Gasteiger partial charge in [0.1, 0.15) is 0 Å². The number of primary amides is 1. The Kier molecular flexibility index (Phi) is 3.63. The van der Waals surface area contributed by atoms with Crippen LogP contribution in [0.3, 0.4) is 0 Å². The molecule has 1 rings (SSSR count). The molecule has 0 atom stereocenters. The van der Waals surface area contributed by atoms with E-state index in [1.54, 1.807) is 0 Å². The standard InChI is InChI=1S/C11H15N2O/c1-8-6-10(7-9(2)13-8)4-3-5-11(12)14/h3,6-7H,4-5H2,1-2H3,(H2,12,14). The van der Waals surface area contributed by atoms with E-state index in [1.165, 1.54) is 5.56 Å². The lowest BCUT2D eigenvalue weighted by Crippen LogP contribution is -2.10. The summed E-state index contributed by atoms with van der Waals surface area (Å²) in [6.07, 6.45) is 2.99. The maximum absolute atomic E-state index is 10.5. The number of pyridine rings is 1. The summed E-state index contributed by atoms with van der Waals surface area (Å²) in [6.45, 7) is 3.93. The summed E-state index contributed by atoms with van der Waals surface area (Å²) in [5.74, 6) is -0.285. The SMILES string of the molecule is Cc1cc(C[CH]CC(N)=O)cc(C)n1. The first-order valence-electron chi connectivity index (χ1n) is 4.62. The highest BCUT2D eigenvalue weighted by Crippen LogP contribution is 2.07. The van der Waals surface area contributed by atoms with Gasteiger partial charge < -0.3 is 5.73 Å². The maximum atomic E-state index is 10.5. The molecule has 0 fully saturated rings. The van der Waals surface area contributed by atoms with Crippen molar-refractivity contribution in [2.45, 2.75) is 26.7 Å². The molecule has 0 bridgehead atoms. The molecule has 14 heavy (non-hydrogen) atoms. The number of aromatic nitrogens is 1. The molecule has 1 amide bonds. The van der Waals surface area contributed by atoms with Crippen LogP contribution in [0.15, 0.2) is 12.1 Å². The van der Waals surface area contributed by atoms with Gasteiger partial charge in [-0.05, 0) is 44.4 Å². The van der Waals surface area contributed by atoms with E-state index in [9.17, 15) is 4.79 Å². The zero-order valence-corrected chi connectivity index (χ0v) is 8.58. The molecular formula is C11H15N2O. The van der Waals surface area contributed by atoms with Crippen molar-refractivity contribution in [1.82, 2.24) is 4.98 Å². The molecule has 2 N–H and O–H groups in total. The minimum absolute atomic E-state index is 0.285. The van der Waals surface area contributed by atoms with Gasteiger partial charge >= 0.3 is 0 Å². The van der Waals surface area contributed by atoms with Gasteiger partial charge in [0, 0.05) is 17.8 Å². The molecule has 1 radical (unpaired) electrons. The fourth-order valence-electron chi connectivity index (χ4n) is 1.42. The van der Waals surface area contributed by atoms with Gasteiger partial charge in [-0.1, -0.05) is 0 Å². The molecule has 3 nitrogen and oxygen atoms in total. The van der Waals surface area contributed by atoms with Crippen molar-refractivity contribution in [3.8, 4) is 0 Å². The fraction of sp³-hybridized carbons (Fsp3) is 0.364. The molecule has 0 unspecified atom stereocenters. The van der Waals surface area contributed by atoms with Crippen LogP contribution in [-0.2, 0) is 11.2 Å². The summed E-state index contributed by atoms with van der Waals surface area (Å²) in [4.78, 5) is 14.8. The van der Waals surface area contributed by atoms with Gasteiger partial charge in [0.2, 0.25) is 5.91 Å². The molecule has 1 aromatic heterocycles. The summed E-state index contributed by atoms with van der Waals surface area (Å²) in [5.41, 5.74) is 8.22. The Labute approximate surface area is 84.3 Å². The van der Waals surface area contributed by atoms with Gasteiger partial charge in [-0.25, -0.2) is 0 Å². The van der Waals surface area contributed by atoms with Gasteiger partial charge in [0.15, 0.2) is 0 Å². The molecule has 0 saturated carbocycles. The van der Waals surface area contributed by atoms with Crippen LogP contribution < -0.4 is 5.73 Å². The zero-order chi connectivity index (χ0) is 10.6. The molecule has 3 heteroatoms. The Bertz CT molecular complexity index is 314. The predicted molar refractivity (Wildman–Crippen MR) is 55.5 cm³/mol. The summed E-state index contributed by atoms with van der Waals surface area (Å²) in [6, 6.07) is 4.04. The van der Waals surface area contributed by atoms with E-state index in [2.05, 4.69) is 4.98 Å². The smallest absolute Gasteiger partial charge is 0.217 e. The van der Waals surface area contributed by atoms with Crippen molar-refractivity contribution >= 4 is 5.91 Å². The number of amides is 1. The number of nitrogens with zero attached hydrogens (tertiary/aromatic N) is 1. The lowest BCUT2D eigenvalue weighted by molar-refractivity contribution is -0.117. The minimum atomic E-state index is -0.285. The second-order valence-electron chi connectivity index (χ2n) is 3.42. The third-order valence-electron chi connectivity index (χ3n) is 1.87. The average Bonchev–Trinajstić information content (AvgIpc) is 2.01. The molecule has 1 heterocycles. The average molecular weight is 191 g/mol. The number of carbonyl (C=O) groups is 1. The first kappa shape index (κ1) is 10.7. The third kappa shape index (κ3) is 3.56. The minimum Gasteiger partial charge on any atom is -0.370 e. The molecule has 0 spiro atoms. The van der Waals surface area contributed by atoms with E-state index < -0.39 is 0 Å². The van der Waals surface area contributed by atoms with Crippen molar-refractivity contribution in [2.75, 3.05) is 0 Å². The van der Waals surface area contributed by atoms with Crippen molar-refractivity contribution in [3.63, 3.8) is 0 Å². The number of nitrogens with two attached hydrogens (primary N) is 1. The Morgan fingerprint density at radius 2 is 2.00 bits per heavy atom. The topological polar surface area (TPSA) is 56.0 Å². The Hall–Kier alpha value is -1.38. The number of hydrogen-bond acceptors (Lipinski definition) is 2. The highest BCUT2D eigenvalue weighted by molar-refractivity contribution is 5.74. The van der Waals surface area contributed by atoms with E-state index in [1.807, 2.05) is 32.4 Å². The van der Waals surface area contributed by atoms with Crippen LogP contribution in [0.25, 0.3) is 0 Å². The van der Waals surface area contributed by atoms with Crippen LogP contribution in [0.4, 0.5) is 0 Å². The highest BCUT2D eigenvalue weighted by atomic mass is 16.1. The lowest BCUT2D eigenvalue weighted by atomic mass is 10.1. The molecular weight excluding hydrogens is 176 g/mol. The van der Waals surface area contributed by atoms with Crippen LogP contribution in [0, 0.1) is 20.3 Å². The normalized spacial score (nSPS) is 10.1. The summed E-state index contributed by atoms with van der Waals surface area (Å²) < 4.78 is 0. The van der Waals surface area contributed by atoms with Gasteiger partial charge in [0.25, 0.3) is 0 Å². The molecule has 1 aromatic rings. The molecule has 75 valence electrons. The molecule has 0 aromatic carbocycles. The Balaban J connectivity index is 2.54. The summed E-state index contributed by atoms with van der Waals surface area (Å²) >= 11 is 0. The van der Waals surface area contributed by atoms with E-state index in [0.29, 0.717) is 6.42 Å². The number of rotatable bonds is 4. The molecule has 0 saturated heterocycles. The number of hydrogen-bond donors (Lipinski definition) is 1. The van der Waals surface area contributed by atoms with Gasteiger partial charge in [-0.2, -0.15) is 0 Å². The largest absolute Gasteiger partial charge is 0.370 e. The lowest BCUT2D eigenvalue weighted by Gasteiger charge is -2.02. The number of aryl methyl sites for hydroxylation is 2. The van der Waals surface area contributed by atoms with Crippen molar-refractivity contribution in [1.29, 1.82) is 0 Å². The monoisotopic (exact) mass is 191 g/mol. The second kappa shape index (κ2) is 4.74. The quantitative estimate of drug-likeness (QED) is 0.780. The Morgan fingerprint density at radius 1 is 1.43 bits per heavy atom. The van der Waals surface area contributed by atoms with Crippen LogP contribution in [0.5, 0.6) is 0 Å². The van der Waals surface area contributed by atoms with E-state index in [0.717, 1.165) is 17.8 Å². The van der Waals surface area contributed by atoms with Gasteiger partial charge in [-0.15, -0.1) is 0 Å². The summed E-state index contributed by atoms with van der Waals surface area (Å²) in [7, 11) is 0. The number of carbonyl (C=O) groups excluding carboxylic acids is 1. The summed E-state index contributed by atoms with van der Waals surface area (Å²) in [5, 5.41) is 0. The fourth-order valence-corrected chi connectivity index (χ4v) is 1.42. The van der Waals surface area contributed by atoms with Crippen LogP contribution in [0.1, 0.15) is 23.4 Å². The Morgan fingerprint density at radius 3 is 2.50 bits per heavy atom. The zero-order valence-electron chi connectivity index (χ0n) is 8.58. The first-order valence-corrected chi connectivity index (χ1v) is 4.62. The third-order valence-corrected chi connectivity index (χ3v) is 1.87. The van der Waals surface area contributed by atoms with E-state index >= 15 is 0 Å². The van der Waals surface area contributed by atoms with E-state index in [4.69, 9.17) is 5.73 Å². The van der Waals surface area contributed by atoms with Crippen molar-refractivity contribution in [3.05, 3.63) is 35.5 Å². The highest BCUT2D eigenvalue weighted by Gasteiger charge is 1.99. The van der Waals surface area contributed by atoms with Crippen molar-refractivity contribution in [2.24, 2.45) is 5.73 Å². The van der Waals surface area contributed by atoms with Crippen LogP contribution >= 0.6 is 0 Å². The first-order chi connectivity index (χ1) is 6.58. The van der Waals surface area contributed by atoms with Gasteiger partial charge in [0.05, 0.1) is 0 Å². The van der Waals surface area contributed by atoms with Crippen LogP contribution in [0.2, 0.25) is 0 Å². The van der Waals surface area contributed by atoms with E-state index in [-0.39, 0.29) is 5.91 Å². The van der Waals surface area contributed by atoms with Crippen LogP contribution in [-0.4, -0.2) is 10.9 Å². The second-order valence-corrected chi connectivity index (χ2v) is 3.42. The predicted octanol–water partition coefficient (Wildman–Crippen LogP) is 1.32. The van der Waals surface area contributed by atoms with Crippen molar-refractivity contribution < 1.29 is 4.79 Å². The maximum Gasteiger partial charge on any atom is 0.217 e.